The van der Waals surface area contributed by atoms with E-state index in [-0.39, 0.29) is 49.5 Å². The third kappa shape index (κ3) is 5.41. The molecule has 2 unspecified atom stereocenters. The molecule has 10 nitrogen and oxygen atoms in total. The van der Waals surface area contributed by atoms with Crippen LogP contribution in [0.4, 0.5) is 0 Å². The van der Waals surface area contributed by atoms with Crippen LogP contribution in [0, 0.1) is 11.8 Å². The average molecular weight is 582 g/mol. The fourth-order valence-electron chi connectivity index (χ4n) is 6.76. The summed E-state index contributed by atoms with van der Waals surface area (Å²) in [7, 11) is 0. The second kappa shape index (κ2) is 12.8. The highest BCUT2D eigenvalue weighted by atomic mass is 32.2. The number of ether oxygens (including phenoxy) is 1. The van der Waals surface area contributed by atoms with Crippen LogP contribution >= 0.6 is 11.8 Å². The highest BCUT2D eigenvalue weighted by Crippen LogP contribution is 2.66. The number of esters is 1. The first kappa shape index (κ1) is 29.3. The number of carbonyl (C=O) groups excluding carboxylic acids is 3. The molecule has 1 aromatic carbocycles. The number of thioether (sulfide) groups is 1. The molecule has 3 saturated heterocycles. The Morgan fingerprint density at radius 1 is 1.20 bits per heavy atom. The molecule has 5 rings (SSSR count). The van der Waals surface area contributed by atoms with Crippen molar-refractivity contribution in [1.29, 1.82) is 0 Å². The molecule has 41 heavy (non-hydrogen) atoms. The van der Waals surface area contributed by atoms with Crippen LogP contribution in [0.2, 0.25) is 0 Å². The van der Waals surface area contributed by atoms with Crippen molar-refractivity contribution in [2.45, 2.75) is 67.7 Å². The maximum Gasteiger partial charge on any atom is 0.310 e. The number of nitrogens with zero attached hydrogens (tertiary/aromatic N) is 5. The Morgan fingerprint density at radius 2 is 2.00 bits per heavy atom. The summed E-state index contributed by atoms with van der Waals surface area (Å²) in [4.78, 5) is 45.4. The van der Waals surface area contributed by atoms with Crippen molar-refractivity contribution in [3.8, 4) is 0 Å². The Balaban J connectivity index is 1.45. The summed E-state index contributed by atoms with van der Waals surface area (Å²) in [5, 5.41) is 17.6. The number of likely N-dealkylation sites (tertiary alicyclic amines) is 1. The van der Waals surface area contributed by atoms with Gasteiger partial charge in [0.25, 0.3) is 0 Å². The first-order valence-corrected chi connectivity index (χ1v) is 15.4. The van der Waals surface area contributed by atoms with E-state index in [0.717, 1.165) is 36.7 Å². The molecule has 1 spiro atoms. The highest BCUT2D eigenvalue weighted by molar-refractivity contribution is 8.02. The van der Waals surface area contributed by atoms with Crippen molar-refractivity contribution in [2.75, 3.05) is 26.3 Å². The van der Waals surface area contributed by atoms with Gasteiger partial charge in [-0.3, -0.25) is 14.4 Å². The third-order valence-corrected chi connectivity index (χ3v) is 10.5. The number of rotatable bonds is 15. The van der Waals surface area contributed by atoms with E-state index in [4.69, 9.17) is 9.84 Å². The quantitative estimate of drug-likeness (QED) is 0.194. The van der Waals surface area contributed by atoms with Crippen LogP contribution in [0.25, 0.3) is 11.0 Å². The molecule has 220 valence electrons. The number of para-hydroxylation sites is 1. The summed E-state index contributed by atoms with van der Waals surface area (Å²) in [5.41, 5.74) is 1.55. The average Bonchev–Trinajstić information content (AvgIpc) is 3.72. The van der Waals surface area contributed by atoms with Gasteiger partial charge in [0.05, 0.1) is 28.7 Å². The summed E-state index contributed by atoms with van der Waals surface area (Å²) in [6, 6.07) is 6.88. The molecule has 1 aromatic heterocycles. The summed E-state index contributed by atoms with van der Waals surface area (Å²) in [6.45, 7) is 8.82. The lowest BCUT2D eigenvalue weighted by atomic mass is 9.71. The van der Waals surface area contributed by atoms with Crippen LogP contribution in [0.1, 0.15) is 44.9 Å². The van der Waals surface area contributed by atoms with Crippen molar-refractivity contribution in [2.24, 2.45) is 11.8 Å². The van der Waals surface area contributed by atoms with Gasteiger partial charge in [-0.05, 0) is 44.2 Å². The lowest BCUT2D eigenvalue weighted by Gasteiger charge is -2.37. The number of fused-ring (bicyclic) bond motifs is 2. The molecular formula is C30H39N5O5S. The van der Waals surface area contributed by atoms with Crippen LogP contribution in [0.15, 0.2) is 49.6 Å². The smallest absolute Gasteiger partial charge is 0.310 e. The van der Waals surface area contributed by atoms with Crippen LogP contribution < -0.4 is 0 Å². The van der Waals surface area contributed by atoms with E-state index in [1.165, 1.54) is 0 Å². The van der Waals surface area contributed by atoms with Gasteiger partial charge in [0.1, 0.15) is 18.2 Å². The predicted molar refractivity (Wildman–Crippen MR) is 157 cm³/mol. The summed E-state index contributed by atoms with van der Waals surface area (Å²) in [5.74, 6) is -1.79. The lowest BCUT2D eigenvalue weighted by molar-refractivity contribution is -0.154. The van der Waals surface area contributed by atoms with Gasteiger partial charge < -0.3 is 19.6 Å². The zero-order valence-corrected chi connectivity index (χ0v) is 24.2. The number of unbranched alkanes of at least 4 members (excludes halogenated alkanes) is 3. The Bertz CT molecular complexity index is 1300. The Morgan fingerprint density at radius 3 is 2.78 bits per heavy atom. The van der Waals surface area contributed by atoms with Crippen LogP contribution in [0.3, 0.4) is 0 Å². The number of carbonyl (C=O) groups is 3. The predicted octanol–water partition coefficient (Wildman–Crippen LogP) is 3.17. The number of aliphatic hydroxyl groups is 1. The molecule has 3 aliphatic rings. The maximum absolute atomic E-state index is 14.6. The standard InChI is InChI=1S/C30H39N5O5S/c1-3-5-19-40-29(39)24-23-14-15-30(41-23)25(24)27(37)34(17-10-6-7-11-18-36)26(30)28(38)33(16-4-2)20-35-22-13-9-8-12-21(22)31-32-35/h3-4,8-9,12-13,23-26,36H,1-2,5-7,10-11,14-20H2/t23-,24+,25+,26?,30?/m1/s1. The number of amides is 2. The summed E-state index contributed by atoms with van der Waals surface area (Å²) in [6.07, 6.45) is 8.50. The minimum absolute atomic E-state index is 0.0469. The molecule has 4 heterocycles. The molecule has 0 radical (unpaired) electrons. The van der Waals surface area contributed by atoms with Gasteiger partial charge in [-0.25, -0.2) is 4.68 Å². The SMILES string of the molecule is C=CCCOC(=O)[C@@H]1[C@H]2C(=O)N(CCCCCCO)C(C(=O)N(CC=C)Cn3nnc4ccccc43)C23CC[C@H]1S3. The summed E-state index contributed by atoms with van der Waals surface area (Å²) < 4.78 is 6.59. The second-order valence-electron chi connectivity index (χ2n) is 11.0. The molecule has 0 aliphatic carbocycles. The number of aromatic nitrogens is 3. The van der Waals surface area contributed by atoms with Crippen LogP contribution in [0.5, 0.6) is 0 Å². The number of hydrogen-bond acceptors (Lipinski definition) is 8. The van der Waals surface area contributed by atoms with Crippen molar-refractivity contribution < 1.29 is 24.2 Å². The second-order valence-corrected chi connectivity index (χ2v) is 12.6. The zero-order chi connectivity index (χ0) is 29.0. The molecule has 3 aliphatic heterocycles. The van der Waals surface area contributed by atoms with Crippen molar-refractivity contribution in [1.82, 2.24) is 24.8 Å². The Kier molecular flexibility index (Phi) is 9.13. The van der Waals surface area contributed by atoms with Crippen molar-refractivity contribution >= 4 is 40.6 Å². The van der Waals surface area contributed by atoms with E-state index in [1.807, 2.05) is 24.3 Å². The Labute approximate surface area is 244 Å². The zero-order valence-electron chi connectivity index (χ0n) is 23.4. The normalized spacial score (nSPS) is 26.4. The molecule has 0 saturated carbocycles. The van der Waals surface area contributed by atoms with Gasteiger partial charge in [-0.15, -0.1) is 30.0 Å². The van der Waals surface area contributed by atoms with Gasteiger partial charge in [0.15, 0.2) is 0 Å². The first-order chi connectivity index (χ1) is 20.0. The highest BCUT2D eigenvalue weighted by Gasteiger charge is 2.74. The van der Waals surface area contributed by atoms with E-state index in [2.05, 4.69) is 23.5 Å². The molecule has 11 heteroatoms. The van der Waals surface area contributed by atoms with Gasteiger partial charge in [0, 0.05) is 24.9 Å². The van der Waals surface area contributed by atoms with E-state index in [1.54, 1.807) is 38.4 Å². The number of hydrogen-bond donors (Lipinski definition) is 1. The molecule has 3 fully saturated rings. The van der Waals surface area contributed by atoms with Gasteiger partial charge >= 0.3 is 5.97 Å². The van der Waals surface area contributed by atoms with Crippen molar-refractivity contribution in [3.05, 3.63) is 49.6 Å². The lowest BCUT2D eigenvalue weighted by Crippen LogP contribution is -2.55. The first-order valence-electron chi connectivity index (χ1n) is 14.5. The monoisotopic (exact) mass is 581 g/mol. The minimum atomic E-state index is -0.700. The molecule has 2 aromatic rings. The maximum atomic E-state index is 14.6. The number of aliphatic hydroxyl groups excluding tert-OH is 1. The van der Waals surface area contributed by atoms with Crippen LogP contribution in [-0.4, -0.2) is 90.0 Å². The van der Waals surface area contributed by atoms with Crippen LogP contribution in [-0.2, 0) is 25.8 Å². The fraction of sp³-hybridized carbons (Fsp3) is 0.567. The molecule has 1 N–H and O–H groups in total. The topological polar surface area (TPSA) is 118 Å². The van der Waals surface area contributed by atoms with E-state index in [9.17, 15) is 14.4 Å². The minimum Gasteiger partial charge on any atom is -0.465 e. The third-order valence-electron chi connectivity index (χ3n) is 8.57. The van der Waals surface area contributed by atoms with Crippen molar-refractivity contribution in [3.63, 3.8) is 0 Å². The summed E-state index contributed by atoms with van der Waals surface area (Å²) >= 11 is 1.64. The molecule has 2 amide bonds. The Hall–Kier alpha value is -3.18. The number of benzene rings is 1. The van der Waals surface area contributed by atoms with E-state index in [0.29, 0.717) is 25.8 Å². The van der Waals surface area contributed by atoms with E-state index >= 15 is 0 Å². The molecular weight excluding hydrogens is 542 g/mol. The van der Waals surface area contributed by atoms with Gasteiger partial charge in [-0.1, -0.05) is 42.3 Å². The van der Waals surface area contributed by atoms with E-state index < -0.39 is 22.6 Å². The largest absolute Gasteiger partial charge is 0.465 e. The molecule has 2 bridgehead atoms. The van der Waals surface area contributed by atoms with Gasteiger partial charge in [-0.2, -0.15) is 0 Å². The van der Waals surface area contributed by atoms with Gasteiger partial charge in [0.2, 0.25) is 11.8 Å². The molecule has 5 atom stereocenters. The fourth-order valence-corrected chi connectivity index (χ4v) is 8.96.